The second-order valence-electron chi connectivity index (χ2n) is 3.05. The maximum atomic E-state index is 5.71. The standard InChI is InChI=1S/C8H11N5.C2H6/c1-4-10-7(9)6-8(11-4)13(3)5(2)12-6;1-2/h1-3H3,(H2,9,10,11);1-2H3. The molecule has 0 spiro atoms. The first-order chi connectivity index (χ1) is 7.09. The number of hydrogen-bond donors (Lipinski definition) is 1. The Morgan fingerprint density at radius 1 is 1.07 bits per heavy atom. The minimum Gasteiger partial charge on any atom is -0.382 e. The summed E-state index contributed by atoms with van der Waals surface area (Å²) in [5.74, 6) is 2.01. The zero-order valence-electron chi connectivity index (χ0n) is 9.87. The van der Waals surface area contributed by atoms with Crippen molar-refractivity contribution in [3.63, 3.8) is 0 Å². The van der Waals surface area contributed by atoms with Crippen LogP contribution in [0.4, 0.5) is 5.82 Å². The highest BCUT2D eigenvalue weighted by atomic mass is 15.1. The van der Waals surface area contributed by atoms with Gasteiger partial charge in [-0.25, -0.2) is 15.0 Å². The van der Waals surface area contributed by atoms with Gasteiger partial charge in [0.2, 0.25) is 0 Å². The van der Waals surface area contributed by atoms with Gasteiger partial charge < -0.3 is 10.3 Å². The third-order valence-corrected chi connectivity index (χ3v) is 2.08. The second-order valence-corrected chi connectivity index (χ2v) is 3.05. The zero-order valence-corrected chi connectivity index (χ0v) is 9.87. The molecule has 2 aromatic heterocycles. The molecule has 82 valence electrons. The monoisotopic (exact) mass is 207 g/mol. The Balaban J connectivity index is 0.000000531. The summed E-state index contributed by atoms with van der Waals surface area (Å²) in [7, 11) is 1.91. The number of hydrogen-bond acceptors (Lipinski definition) is 4. The average molecular weight is 207 g/mol. The highest BCUT2D eigenvalue weighted by molar-refractivity contribution is 5.82. The van der Waals surface area contributed by atoms with Crippen molar-refractivity contribution >= 4 is 17.0 Å². The van der Waals surface area contributed by atoms with E-state index in [1.807, 2.05) is 39.3 Å². The molecule has 0 aliphatic heterocycles. The Bertz CT molecular complexity index is 472. The molecule has 5 nitrogen and oxygen atoms in total. The molecule has 5 heteroatoms. The summed E-state index contributed by atoms with van der Waals surface area (Å²) in [5, 5.41) is 0. The number of nitrogen functional groups attached to an aromatic ring is 1. The maximum Gasteiger partial charge on any atom is 0.165 e. The molecule has 15 heavy (non-hydrogen) atoms. The second kappa shape index (κ2) is 4.25. The first-order valence-electron chi connectivity index (χ1n) is 5.02. The fourth-order valence-corrected chi connectivity index (χ4v) is 1.30. The average Bonchev–Trinajstić information content (AvgIpc) is 2.49. The number of fused-ring (bicyclic) bond motifs is 1. The lowest BCUT2D eigenvalue weighted by atomic mass is 10.5. The molecule has 0 atom stereocenters. The van der Waals surface area contributed by atoms with Gasteiger partial charge in [0.05, 0.1) is 0 Å². The summed E-state index contributed by atoms with van der Waals surface area (Å²) in [5.41, 5.74) is 7.19. The lowest BCUT2D eigenvalue weighted by molar-refractivity contribution is 0.869. The first-order valence-corrected chi connectivity index (χ1v) is 5.02. The lowest BCUT2D eigenvalue weighted by Gasteiger charge is -1.98. The van der Waals surface area contributed by atoms with Crippen molar-refractivity contribution in [3.8, 4) is 0 Å². The van der Waals surface area contributed by atoms with Crippen LogP contribution in [0.2, 0.25) is 0 Å². The van der Waals surface area contributed by atoms with Crippen LogP contribution in [0.1, 0.15) is 25.5 Å². The molecule has 2 N–H and O–H groups in total. The third-order valence-electron chi connectivity index (χ3n) is 2.08. The van der Waals surface area contributed by atoms with E-state index >= 15 is 0 Å². The Morgan fingerprint density at radius 3 is 2.27 bits per heavy atom. The Hall–Kier alpha value is -1.65. The van der Waals surface area contributed by atoms with E-state index in [0.717, 1.165) is 11.5 Å². The van der Waals surface area contributed by atoms with Crippen LogP contribution in [0.3, 0.4) is 0 Å². The van der Waals surface area contributed by atoms with Crippen LogP contribution in [-0.2, 0) is 7.05 Å². The molecule has 0 saturated carbocycles. The number of anilines is 1. The van der Waals surface area contributed by atoms with Crippen molar-refractivity contribution in [1.29, 1.82) is 0 Å². The fourth-order valence-electron chi connectivity index (χ4n) is 1.30. The molecule has 0 aromatic carbocycles. The molecule has 0 aliphatic carbocycles. The highest BCUT2D eigenvalue weighted by Gasteiger charge is 2.09. The van der Waals surface area contributed by atoms with Crippen molar-refractivity contribution in [3.05, 3.63) is 11.6 Å². The predicted molar refractivity (Wildman–Crippen MR) is 61.5 cm³/mol. The first kappa shape index (κ1) is 11.4. The van der Waals surface area contributed by atoms with E-state index in [2.05, 4.69) is 15.0 Å². The molecule has 0 saturated heterocycles. The molecular formula is C10H17N5. The quantitative estimate of drug-likeness (QED) is 0.712. The molecule has 2 aromatic rings. The minimum absolute atomic E-state index is 0.450. The van der Waals surface area contributed by atoms with Gasteiger partial charge in [0.25, 0.3) is 0 Å². The summed E-state index contributed by atoms with van der Waals surface area (Å²) < 4.78 is 1.90. The lowest BCUT2D eigenvalue weighted by Crippen LogP contribution is -1.99. The van der Waals surface area contributed by atoms with E-state index < -0.39 is 0 Å². The summed E-state index contributed by atoms with van der Waals surface area (Å²) in [6.07, 6.45) is 0. The molecule has 0 aliphatic rings. The Kier molecular flexibility index (Phi) is 3.24. The van der Waals surface area contributed by atoms with Crippen LogP contribution in [0.15, 0.2) is 0 Å². The smallest absolute Gasteiger partial charge is 0.165 e. The molecule has 0 fully saturated rings. The predicted octanol–water partition coefficient (Wildman–Crippen LogP) is 1.59. The number of nitrogens with two attached hydrogens (primary N) is 1. The number of nitrogens with zero attached hydrogens (tertiary/aromatic N) is 4. The SMILES string of the molecule is CC.Cc1nc(N)c2nc(C)n(C)c2n1. The van der Waals surface area contributed by atoms with Crippen LogP contribution >= 0.6 is 0 Å². The van der Waals surface area contributed by atoms with Crippen LogP contribution in [0.25, 0.3) is 11.2 Å². The van der Waals surface area contributed by atoms with Crippen molar-refractivity contribution < 1.29 is 0 Å². The van der Waals surface area contributed by atoms with Crippen molar-refractivity contribution in [1.82, 2.24) is 19.5 Å². The van der Waals surface area contributed by atoms with Crippen molar-refractivity contribution in [2.75, 3.05) is 5.73 Å². The molecule has 0 unspecified atom stereocenters. The van der Waals surface area contributed by atoms with E-state index in [1.165, 1.54) is 0 Å². The van der Waals surface area contributed by atoms with Gasteiger partial charge in [0, 0.05) is 7.05 Å². The van der Waals surface area contributed by atoms with Gasteiger partial charge in [-0.15, -0.1) is 0 Å². The van der Waals surface area contributed by atoms with Crippen molar-refractivity contribution in [2.45, 2.75) is 27.7 Å². The van der Waals surface area contributed by atoms with Crippen LogP contribution in [0.5, 0.6) is 0 Å². The molecule has 0 radical (unpaired) electrons. The topological polar surface area (TPSA) is 69.6 Å². The number of rotatable bonds is 0. The van der Waals surface area contributed by atoms with Crippen molar-refractivity contribution in [2.24, 2.45) is 7.05 Å². The van der Waals surface area contributed by atoms with Gasteiger partial charge in [-0.05, 0) is 13.8 Å². The summed E-state index contributed by atoms with van der Waals surface area (Å²) >= 11 is 0. The van der Waals surface area contributed by atoms with Gasteiger partial charge in [0.1, 0.15) is 11.6 Å². The van der Waals surface area contributed by atoms with Crippen LogP contribution in [-0.4, -0.2) is 19.5 Å². The molecule has 0 amide bonds. The number of aryl methyl sites for hydroxylation is 3. The largest absolute Gasteiger partial charge is 0.382 e. The summed E-state index contributed by atoms with van der Waals surface area (Å²) in [6, 6.07) is 0. The van der Waals surface area contributed by atoms with Gasteiger partial charge in [-0.1, -0.05) is 13.8 Å². The van der Waals surface area contributed by atoms with E-state index in [1.54, 1.807) is 0 Å². The van der Waals surface area contributed by atoms with E-state index in [0.29, 0.717) is 17.2 Å². The maximum absolute atomic E-state index is 5.71. The molecule has 0 bridgehead atoms. The molecular weight excluding hydrogens is 190 g/mol. The van der Waals surface area contributed by atoms with E-state index in [-0.39, 0.29) is 0 Å². The fraction of sp³-hybridized carbons (Fsp3) is 0.500. The van der Waals surface area contributed by atoms with Crippen LogP contribution < -0.4 is 5.73 Å². The molecule has 2 rings (SSSR count). The minimum atomic E-state index is 0.450. The normalized spacial score (nSPS) is 9.93. The summed E-state index contributed by atoms with van der Waals surface area (Å²) in [4.78, 5) is 12.6. The zero-order chi connectivity index (χ0) is 11.6. The van der Waals surface area contributed by atoms with Gasteiger partial charge >= 0.3 is 0 Å². The van der Waals surface area contributed by atoms with Gasteiger partial charge in [-0.2, -0.15) is 0 Å². The summed E-state index contributed by atoms with van der Waals surface area (Å²) in [6.45, 7) is 7.73. The Morgan fingerprint density at radius 2 is 1.67 bits per heavy atom. The van der Waals surface area contributed by atoms with E-state index in [9.17, 15) is 0 Å². The molecule has 2 heterocycles. The van der Waals surface area contributed by atoms with Crippen LogP contribution in [0, 0.1) is 13.8 Å². The van der Waals surface area contributed by atoms with E-state index in [4.69, 9.17) is 5.73 Å². The van der Waals surface area contributed by atoms with Gasteiger partial charge in [0.15, 0.2) is 17.0 Å². The number of imidazole rings is 1. The number of aromatic nitrogens is 4. The third kappa shape index (κ3) is 1.91. The Labute approximate surface area is 89.4 Å². The highest BCUT2D eigenvalue weighted by Crippen LogP contribution is 2.16. The van der Waals surface area contributed by atoms with Gasteiger partial charge in [-0.3, -0.25) is 0 Å².